The molecule has 23 heavy (non-hydrogen) atoms. The van der Waals surface area contributed by atoms with E-state index in [1.807, 2.05) is 0 Å². The fourth-order valence-electron chi connectivity index (χ4n) is 1.83. The Labute approximate surface area is 128 Å². The van der Waals surface area contributed by atoms with Crippen LogP contribution in [0.1, 0.15) is 5.56 Å². The Bertz CT molecular complexity index is 900. The number of halogens is 3. The molecular formula is C13H9F3N2O4S. The van der Waals surface area contributed by atoms with Crippen molar-refractivity contribution < 1.29 is 26.5 Å². The van der Waals surface area contributed by atoms with E-state index < -0.39 is 48.7 Å². The van der Waals surface area contributed by atoms with Crippen molar-refractivity contribution in [2.24, 2.45) is 0 Å². The Morgan fingerprint density at radius 1 is 1.13 bits per heavy atom. The molecule has 1 N–H and O–H groups in total. The van der Waals surface area contributed by atoms with Crippen LogP contribution in [0, 0.1) is 34.5 Å². The van der Waals surface area contributed by atoms with E-state index in [0.717, 1.165) is 18.2 Å². The second kappa shape index (κ2) is 5.88. The maximum Gasteiger partial charge on any atom is 0.273 e. The van der Waals surface area contributed by atoms with Crippen LogP contribution in [0.5, 0.6) is 0 Å². The monoisotopic (exact) mass is 346 g/mol. The Hall–Kier alpha value is -2.62. The summed E-state index contributed by atoms with van der Waals surface area (Å²) in [5.74, 6) is -4.03. The summed E-state index contributed by atoms with van der Waals surface area (Å²) in [6.07, 6.45) is 0. The second-order valence-electron chi connectivity index (χ2n) is 4.53. The van der Waals surface area contributed by atoms with Crippen LogP contribution in [0.2, 0.25) is 0 Å². The number of nitro groups is 1. The molecule has 0 spiro atoms. The van der Waals surface area contributed by atoms with Crippen molar-refractivity contribution in [1.82, 2.24) is 0 Å². The number of sulfonamides is 1. The first-order valence-corrected chi connectivity index (χ1v) is 7.53. The van der Waals surface area contributed by atoms with Crippen LogP contribution in [0.4, 0.5) is 24.5 Å². The van der Waals surface area contributed by atoms with E-state index in [0.29, 0.717) is 12.1 Å². The van der Waals surface area contributed by atoms with Crippen LogP contribution in [-0.2, 0) is 10.0 Å². The number of hydrogen-bond donors (Lipinski definition) is 1. The average molecular weight is 346 g/mol. The summed E-state index contributed by atoms with van der Waals surface area (Å²) in [6, 6.07) is 3.93. The smallest absolute Gasteiger partial charge is 0.273 e. The summed E-state index contributed by atoms with van der Waals surface area (Å²) in [7, 11) is -4.69. The predicted octanol–water partition coefficient (Wildman–Crippen LogP) is 3.12. The molecule has 6 nitrogen and oxygen atoms in total. The van der Waals surface area contributed by atoms with Crippen LogP contribution < -0.4 is 4.72 Å². The van der Waals surface area contributed by atoms with Gasteiger partial charge in [0.2, 0.25) is 0 Å². The number of hydrogen-bond acceptors (Lipinski definition) is 4. The molecule has 0 amide bonds. The van der Waals surface area contributed by atoms with E-state index >= 15 is 0 Å². The lowest BCUT2D eigenvalue weighted by molar-refractivity contribution is -0.385. The fraction of sp³-hybridized carbons (Fsp3) is 0.0769. The van der Waals surface area contributed by atoms with E-state index in [9.17, 15) is 31.7 Å². The molecule has 0 bridgehead atoms. The highest BCUT2D eigenvalue weighted by Crippen LogP contribution is 2.27. The molecule has 2 aromatic carbocycles. The Morgan fingerprint density at radius 2 is 1.78 bits per heavy atom. The summed E-state index contributed by atoms with van der Waals surface area (Å²) < 4.78 is 66.3. The molecule has 10 heteroatoms. The largest absolute Gasteiger partial charge is 0.276 e. The highest BCUT2D eigenvalue weighted by molar-refractivity contribution is 7.92. The zero-order valence-corrected chi connectivity index (χ0v) is 12.3. The number of nitrogens with zero attached hydrogens (tertiary/aromatic N) is 1. The fourth-order valence-corrected chi connectivity index (χ4v) is 2.97. The lowest BCUT2D eigenvalue weighted by Gasteiger charge is -2.10. The maximum absolute atomic E-state index is 13.9. The van der Waals surface area contributed by atoms with Crippen molar-refractivity contribution in [2.75, 3.05) is 4.72 Å². The van der Waals surface area contributed by atoms with Crippen molar-refractivity contribution in [3.63, 3.8) is 0 Å². The molecule has 0 aromatic heterocycles. The average Bonchev–Trinajstić information content (AvgIpc) is 2.43. The molecule has 0 aliphatic heterocycles. The first-order valence-electron chi connectivity index (χ1n) is 6.05. The Kier molecular flexibility index (Phi) is 4.28. The van der Waals surface area contributed by atoms with Crippen LogP contribution in [0.3, 0.4) is 0 Å². The van der Waals surface area contributed by atoms with Gasteiger partial charge in [-0.05, 0) is 25.1 Å². The summed E-state index contributed by atoms with van der Waals surface area (Å²) in [5.41, 5.74) is -1.44. The number of anilines is 1. The number of nitrogens with one attached hydrogen (secondary N) is 1. The molecule has 2 aromatic rings. The highest BCUT2D eigenvalue weighted by Gasteiger charge is 2.26. The summed E-state index contributed by atoms with van der Waals surface area (Å²) >= 11 is 0. The SMILES string of the molecule is Cc1cc(F)c(S(=O)(=O)Nc2cccc(F)c2F)cc1[N+](=O)[O-]. The van der Waals surface area contributed by atoms with Crippen molar-refractivity contribution in [3.05, 3.63) is 63.5 Å². The van der Waals surface area contributed by atoms with Crippen molar-refractivity contribution >= 4 is 21.4 Å². The Balaban J connectivity index is 2.54. The zero-order valence-electron chi connectivity index (χ0n) is 11.5. The van der Waals surface area contributed by atoms with Crippen LogP contribution >= 0.6 is 0 Å². The highest BCUT2D eigenvalue weighted by atomic mass is 32.2. The van der Waals surface area contributed by atoms with E-state index in [2.05, 4.69) is 0 Å². The number of rotatable bonds is 4. The van der Waals surface area contributed by atoms with Gasteiger partial charge in [-0.1, -0.05) is 6.07 Å². The van der Waals surface area contributed by atoms with E-state index in [1.165, 1.54) is 6.92 Å². The minimum Gasteiger partial charge on any atom is -0.276 e. The van der Waals surface area contributed by atoms with Crippen molar-refractivity contribution in [2.45, 2.75) is 11.8 Å². The standard InChI is InChI=1S/C13H9F3N2O4S/c1-7-5-9(15)12(6-11(7)18(19)20)23(21,22)17-10-4-2-3-8(14)13(10)16/h2-6,17H,1H3. The third-order valence-electron chi connectivity index (χ3n) is 2.93. The topological polar surface area (TPSA) is 89.3 Å². The van der Waals surface area contributed by atoms with Crippen molar-refractivity contribution in [1.29, 1.82) is 0 Å². The van der Waals surface area contributed by atoms with Gasteiger partial charge >= 0.3 is 0 Å². The maximum atomic E-state index is 13.9. The number of nitro benzene ring substituents is 1. The minimum absolute atomic E-state index is 0.0802. The second-order valence-corrected chi connectivity index (χ2v) is 6.18. The van der Waals surface area contributed by atoms with E-state index in [4.69, 9.17) is 0 Å². The molecule has 0 fully saturated rings. The number of benzene rings is 2. The molecule has 0 aliphatic rings. The van der Waals surface area contributed by atoms with Gasteiger partial charge in [-0.15, -0.1) is 0 Å². The number of aryl methyl sites for hydroxylation is 1. The molecule has 0 saturated carbocycles. The van der Waals surface area contributed by atoms with E-state index in [-0.39, 0.29) is 5.56 Å². The summed E-state index contributed by atoms with van der Waals surface area (Å²) in [5, 5.41) is 10.8. The van der Waals surface area contributed by atoms with E-state index in [1.54, 1.807) is 4.72 Å². The Morgan fingerprint density at radius 3 is 2.39 bits per heavy atom. The molecule has 0 radical (unpaired) electrons. The first kappa shape index (κ1) is 16.7. The normalized spacial score (nSPS) is 11.3. The quantitative estimate of drug-likeness (QED) is 0.680. The minimum atomic E-state index is -4.69. The van der Waals surface area contributed by atoms with Gasteiger partial charge in [-0.2, -0.15) is 0 Å². The zero-order chi connectivity index (χ0) is 17.4. The molecule has 0 heterocycles. The third kappa shape index (κ3) is 3.26. The lowest BCUT2D eigenvalue weighted by atomic mass is 10.2. The molecular weight excluding hydrogens is 337 g/mol. The van der Waals surface area contributed by atoms with Gasteiger partial charge < -0.3 is 0 Å². The van der Waals surface area contributed by atoms with Gasteiger partial charge in [0, 0.05) is 11.6 Å². The van der Waals surface area contributed by atoms with Gasteiger partial charge in [0.15, 0.2) is 11.6 Å². The molecule has 2 rings (SSSR count). The first-order chi connectivity index (χ1) is 10.6. The predicted molar refractivity (Wildman–Crippen MR) is 75.0 cm³/mol. The van der Waals surface area contributed by atoms with Crippen LogP contribution in [0.25, 0.3) is 0 Å². The van der Waals surface area contributed by atoms with Gasteiger partial charge in [0.05, 0.1) is 10.6 Å². The van der Waals surface area contributed by atoms with Gasteiger partial charge in [0.25, 0.3) is 15.7 Å². The molecule has 0 saturated heterocycles. The van der Waals surface area contributed by atoms with Crippen molar-refractivity contribution in [3.8, 4) is 0 Å². The summed E-state index contributed by atoms with van der Waals surface area (Å²) in [4.78, 5) is 8.91. The lowest BCUT2D eigenvalue weighted by Crippen LogP contribution is -2.16. The third-order valence-corrected chi connectivity index (χ3v) is 4.31. The van der Waals surface area contributed by atoms with Gasteiger partial charge in [0.1, 0.15) is 10.7 Å². The van der Waals surface area contributed by atoms with Crippen LogP contribution in [0.15, 0.2) is 35.2 Å². The van der Waals surface area contributed by atoms with Gasteiger partial charge in [-0.3, -0.25) is 14.8 Å². The molecule has 0 aliphatic carbocycles. The van der Waals surface area contributed by atoms with Gasteiger partial charge in [-0.25, -0.2) is 21.6 Å². The molecule has 122 valence electrons. The summed E-state index contributed by atoms with van der Waals surface area (Å²) in [6.45, 7) is 1.23. The van der Waals surface area contributed by atoms with Crippen LogP contribution in [-0.4, -0.2) is 13.3 Å². The molecule has 0 atom stereocenters. The molecule has 0 unspecified atom stereocenters.